The molecular formula is C11H7BrO2. The van der Waals surface area contributed by atoms with Crippen molar-refractivity contribution in [3.63, 3.8) is 0 Å². The number of ether oxygens (including phenoxy) is 1. The van der Waals surface area contributed by atoms with E-state index < -0.39 is 4.88 Å². The summed E-state index contributed by atoms with van der Waals surface area (Å²) in [7, 11) is 0. The van der Waals surface area contributed by atoms with E-state index in [1.54, 1.807) is 6.07 Å². The van der Waals surface area contributed by atoms with E-state index in [0.29, 0.717) is 5.75 Å². The lowest BCUT2D eigenvalue weighted by Gasteiger charge is -2.01. The second-order valence-corrected chi connectivity index (χ2v) is 3.50. The minimum absolute atomic E-state index is 0.479. The van der Waals surface area contributed by atoms with Crippen LogP contribution in [0.25, 0.3) is 10.8 Å². The molecule has 2 aromatic carbocycles. The number of hydrogen-bond donors (Lipinski definition) is 0. The molecule has 0 aliphatic carbocycles. The molecule has 2 aromatic rings. The van der Waals surface area contributed by atoms with Crippen LogP contribution in [0.15, 0.2) is 42.5 Å². The number of fused-ring (bicyclic) bond motifs is 1. The Morgan fingerprint density at radius 1 is 1.07 bits per heavy atom. The topological polar surface area (TPSA) is 26.3 Å². The first kappa shape index (κ1) is 9.21. The van der Waals surface area contributed by atoms with Gasteiger partial charge < -0.3 is 4.74 Å². The van der Waals surface area contributed by atoms with E-state index in [1.807, 2.05) is 36.4 Å². The normalized spacial score (nSPS) is 10.1. The molecule has 0 saturated heterocycles. The van der Waals surface area contributed by atoms with E-state index in [-0.39, 0.29) is 0 Å². The van der Waals surface area contributed by atoms with Crippen LogP contribution in [-0.2, 0) is 0 Å². The third-order valence-electron chi connectivity index (χ3n) is 1.92. The van der Waals surface area contributed by atoms with Gasteiger partial charge >= 0.3 is 4.88 Å². The van der Waals surface area contributed by atoms with E-state index in [0.717, 1.165) is 10.8 Å². The SMILES string of the molecule is O=C(Br)Oc1ccc2ccccc2c1. The third-order valence-corrected chi connectivity index (χ3v) is 2.08. The van der Waals surface area contributed by atoms with E-state index in [9.17, 15) is 4.79 Å². The summed E-state index contributed by atoms with van der Waals surface area (Å²) in [5.74, 6) is 0.547. The highest BCUT2D eigenvalue weighted by molar-refractivity contribution is 9.18. The van der Waals surface area contributed by atoms with Crippen LogP contribution in [-0.4, -0.2) is 4.88 Å². The summed E-state index contributed by atoms with van der Waals surface area (Å²) in [6.07, 6.45) is 0. The minimum atomic E-state index is -0.479. The number of hydrogen-bond acceptors (Lipinski definition) is 2. The first-order valence-electron chi connectivity index (χ1n) is 4.12. The highest BCUT2D eigenvalue weighted by atomic mass is 79.9. The molecule has 0 bridgehead atoms. The second kappa shape index (κ2) is 3.80. The fourth-order valence-corrected chi connectivity index (χ4v) is 1.51. The third kappa shape index (κ3) is 1.93. The second-order valence-electron chi connectivity index (χ2n) is 2.85. The van der Waals surface area contributed by atoms with Gasteiger partial charge in [-0.25, -0.2) is 4.79 Å². The van der Waals surface area contributed by atoms with Crippen LogP contribution in [0.2, 0.25) is 0 Å². The van der Waals surface area contributed by atoms with Crippen molar-refractivity contribution in [3.05, 3.63) is 42.5 Å². The Morgan fingerprint density at radius 3 is 2.50 bits per heavy atom. The lowest BCUT2D eigenvalue weighted by atomic mass is 10.1. The molecule has 14 heavy (non-hydrogen) atoms. The van der Waals surface area contributed by atoms with Gasteiger partial charge in [0.2, 0.25) is 0 Å². The molecule has 0 radical (unpaired) electrons. The van der Waals surface area contributed by atoms with Gasteiger partial charge in [0.15, 0.2) is 0 Å². The number of rotatable bonds is 1. The first-order valence-corrected chi connectivity index (χ1v) is 4.91. The van der Waals surface area contributed by atoms with Crippen molar-refractivity contribution in [2.75, 3.05) is 0 Å². The zero-order chi connectivity index (χ0) is 9.97. The molecule has 0 spiro atoms. The number of benzene rings is 2. The summed E-state index contributed by atoms with van der Waals surface area (Å²) in [6, 6.07) is 13.4. The lowest BCUT2D eigenvalue weighted by Crippen LogP contribution is -1.94. The molecule has 2 rings (SSSR count). The Labute approximate surface area is 89.6 Å². The molecule has 0 aliphatic rings. The quantitative estimate of drug-likeness (QED) is 0.721. The summed E-state index contributed by atoms with van der Waals surface area (Å²) in [6.45, 7) is 0. The van der Waals surface area contributed by atoms with Crippen LogP contribution in [0.1, 0.15) is 0 Å². The van der Waals surface area contributed by atoms with Crippen molar-refractivity contribution in [2.45, 2.75) is 0 Å². The predicted octanol–water partition coefficient (Wildman–Crippen LogP) is 3.73. The molecule has 0 aliphatic heterocycles. The Hall–Kier alpha value is -1.35. The van der Waals surface area contributed by atoms with Crippen molar-refractivity contribution in [3.8, 4) is 5.75 Å². The summed E-state index contributed by atoms with van der Waals surface area (Å²) in [5.41, 5.74) is 0. The predicted molar refractivity (Wildman–Crippen MR) is 58.9 cm³/mol. The minimum Gasteiger partial charge on any atom is -0.418 e. The van der Waals surface area contributed by atoms with Crippen molar-refractivity contribution in [2.24, 2.45) is 0 Å². The van der Waals surface area contributed by atoms with Gasteiger partial charge in [-0.2, -0.15) is 0 Å². The summed E-state index contributed by atoms with van der Waals surface area (Å²) < 4.78 is 4.90. The van der Waals surface area contributed by atoms with Gasteiger partial charge in [0.05, 0.1) is 0 Å². The van der Waals surface area contributed by atoms with Gasteiger partial charge in [0.25, 0.3) is 0 Å². The Balaban J connectivity index is 2.46. The van der Waals surface area contributed by atoms with Gasteiger partial charge in [-0.3, -0.25) is 0 Å². The molecule has 0 amide bonds. The van der Waals surface area contributed by atoms with E-state index in [2.05, 4.69) is 15.9 Å². The molecular weight excluding hydrogens is 244 g/mol. The van der Waals surface area contributed by atoms with Crippen LogP contribution in [0.4, 0.5) is 4.79 Å². The summed E-state index contributed by atoms with van der Waals surface area (Å²) in [4.78, 5) is 10.2. The van der Waals surface area contributed by atoms with Crippen LogP contribution < -0.4 is 4.74 Å². The number of carbonyl (C=O) groups excluding carboxylic acids is 1. The summed E-state index contributed by atoms with van der Waals surface area (Å²) >= 11 is 2.71. The van der Waals surface area contributed by atoms with Crippen molar-refractivity contribution < 1.29 is 9.53 Å². The smallest absolute Gasteiger partial charge is 0.379 e. The number of carbonyl (C=O) groups is 1. The average molecular weight is 251 g/mol. The largest absolute Gasteiger partial charge is 0.418 e. The molecule has 0 heterocycles. The molecule has 2 nitrogen and oxygen atoms in total. The monoisotopic (exact) mass is 250 g/mol. The van der Waals surface area contributed by atoms with Crippen LogP contribution in [0, 0.1) is 0 Å². The van der Waals surface area contributed by atoms with Gasteiger partial charge in [0.1, 0.15) is 5.75 Å². The molecule has 0 N–H and O–H groups in total. The van der Waals surface area contributed by atoms with Gasteiger partial charge in [-0.05, 0) is 22.9 Å². The van der Waals surface area contributed by atoms with Crippen molar-refractivity contribution >= 4 is 31.6 Å². The van der Waals surface area contributed by atoms with Gasteiger partial charge in [-0.1, -0.05) is 30.3 Å². The maximum atomic E-state index is 10.6. The first-order chi connectivity index (χ1) is 6.75. The zero-order valence-corrected chi connectivity index (χ0v) is 8.82. The molecule has 0 unspecified atom stereocenters. The molecule has 70 valence electrons. The van der Waals surface area contributed by atoms with E-state index in [4.69, 9.17) is 4.74 Å². The fraction of sp³-hybridized carbons (Fsp3) is 0. The lowest BCUT2D eigenvalue weighted by molar-refractivity contribution is 0.228. The molecule has 0 atom stereocenters. The van der Waals surface area contributed by atoms with Crippen molar-refractivity contribution in [1.82, 2.24) is 0 Å². The van der Waals surface area contributed by atoms with Crippen LogP contribution >= 0.6 is 15.9 Å². The average Bonchev–Trinajstić information content (AvgIpc) is 2.17. The van der Waals surface area contributed by atoms with Crippen LogP contribution in [0.3, 0.4) is 0 Å². The molecule has 0 saturated carbocycles. The van der Waals surface area contributed by atoms with E-state index >= 15 is 0 Å². The molecule has 0 aromatic heterocycles. The maximum absolute atomic E-state index is 10.6. The van der Waals surface area contributed by atoms with Crippen LogP contribution in [0.5, 0.6) is 5.75 Å². The standard InChI is InChI=1S/C11H7BrO2/c12-11(13)14-10-6-5-8-3-1-2-4-9(8)7-10/h1-7H. The number of halogens is 1. The Bertz CT molecular complexity index is 479. The van der Waals surface area contributed by atoms with Crippen molar-refractivity contribution in [1.29, 1.82) is 0 Å². The highest BCUT2D eigenvalue weighted by Crippen LogP contribution is 2.21. The summed E-state index contributed by atoms with van der Waals surface area (Å²) in [5, 5.41) is 2.18. The molecule has 0 fully saturated rings. The van der Waals surface area contributed by atoms with Gasteiger partial charge in [-0.15, -0.1) is 0 Å². The maximum Gasteiger partial charge on any atom is 0.379 e. The Kier molecular flexibility index (Phi) is 2.50. The zero-order valence-electron chi connectivity index (χ0n) is 7.24. The molecule has 3 heteroatoms. The van der Waals surface area contributed by atoms with Gasteiger partial charge in [0, 0.05) is 15.9 Å². The Morgan fingerprint density at radius 2 is 1.79 bits per heavy atom. The fourth-order valence-electron chi connectivity index (χ4n) is 1.32. The highest BCUT2D eigenvalue weighted by Gasteiger charge is 2.00. The van der Waals surface area contributed by atoms with E-state index in [1.165, 1.54) is 0 Å².